The quantitative estimate of drug-likeness (QED) is 0.399. The minimum Gasteiger partial charge on any atom is -0.497 e. The van der Waals surface area contributed by atoms with Gasteiger partial charge in [-0.25, -0.2) is 0 Å². The molecular weight excluding hydrogens is 522 g/mol. The molecule has 1 aromatic carbocycles. The normalized spacial score (nSPS) is 43.7. The van der Waals surface area contributed by atoms with Crippen LogP contribution >= 0.6 is 0 Å². The maximum Gasteiger partial charge on any atom is 0.230 e. The summed E-state index contributed by atoms with van der Waals surface area (Å²) in [6, 6.07) is 7.49. The summed E-state index contributed by atoms with van der Waals surface area (Å²) < 4.78 is 5.28. The molecule has 0 heterocycles. The van der Waals surface area contributed by atoms with Crippen LogP contribution in [-0.4, -0.2) is 24.6 Å². The molecule has 0 saturated heterocycles. The van der Waals surface area contributed by atoms with Crippen LogP contribution in [-0.2, 0) is 14.4 Å². The van der Waals surface area contributed by atoms with Crippen LogP contribution in [0, 0.1) is 50.2 Å². The molecule has 0 aromatic heterocycles. The van der Waals surface area contributed by atoms with Gasteiger partial charge in [-0.2, -0.15) is 0 Å². The van der Waals surface area contributed by atoms with Crippen molar-refractivity contribution < 1.29 is 19.1 Å². The maximum atomic E-state index is 14.5. The number of methoxy groups -OCH3 is 1. The molecule has 3 fully saturated rings. The molecule has 8 atom stereocenters. The van der Waals surface area contributed by atoms with Crippen LogP contribution in [0.1, 0.15) is 93.4 Å². The van der Waals surface area contributed by atoms with E-state index in [1.165, 1.54) is 5.57 Å². The largest absolute Gasteiger partial charge is 0.497 e. The van der Waals surface area contributed by atoms with Gasteiger partial charge in [-0.15, -0.1) is 0 Å². The second-order valence-corrected chi connectivity index (χ2v) is 16.2. The lowest BCUT2D eigenvalue weighted by Gasteiger charge is -2.69. The molecule has 0 bridgehead atoms. The monoisotopic (exact) mass is 571 g/mol. The van der Waals surface area contributed by atoms with Gasteiger partial charge in [0.1, 0.15) is 5.75 Å². The number of carbonyl (C=O) groups is 3. The fourth-order valence-corrected chi connectivity index (χ4v) is 10.6. The molecule has 1 N–H and O–H groups in total. The Labute approximate surface area is 251 Å². The van der Waals surface area contributed by atoms with Crippen molar-refractivity contribution >= 4 is 23.2 Å². The fraction of sp³-hybridized carbons (Fsp3) is 0.649. The molecule has 5 aliphatic carbocycles. The van der Waals surface area contributed by atoms with Gasteiger partial charge in [-0.05, 0) is 109 Å². The van der Waals surface area contributed by atoms with E-state index >= 15 is 0 Å². The Morgan fingerprint density at radius 3 is 2.24 bits per heavy atom. The lowest BCUT2D eigenvalue weighted by molar-refractivity contribution is -0.171. The standard InChI is InChI=1S/C37H49NO4/c1-32(2)27-13-16-36(6)28(35(27,5)15-14-29(32)40)21-26(39)30-25-22-34(4,18-17-33(25,3)19-20-37(30,36)7)31(41)38-23-9-11-24(42-8)12-10-23/h9-12,14-15,21,25,27,30H,13,16-20,22H2,1-8H3,(H,38,41). The Morgan fingerprint density at radius 1 is 0.905 bits per heavy atom. The fourth-order valence-electron chi connectivity index (χ4n) is 10.6. The van der Waals surface area contributed by atoms with E-state index in [-0.39, 0.29) is 56.9 Å². The predicted molar refractivity (Wildman–Crippen MR) is 166 cm³/mol. The van der Waals surface area contributed by atoms with Crippen molar-refractivity contribution in [3.8, 4) is 5.75 Å². The van der Waals surface area contributed by atoms with Gasteiger partial charge < -0.3 is 10.1 Å². The molecular formula is C37H49NO4. The molecule has 0 radical (unpaired) electrons. The summed E-state index contributed by atoms with van der Waals surface area (Å²) in [5, 5.41) is 3.18. The van der Waals surface area contributed by atoms with Gasteiger partial charge in [-0.3, -0.25) is 14.4 Å². The molecule has 0 spiro atoms. The average Bonchev–Trinajstić information content (AvgIpc) is 2.94. The summed E-state index contributed by atoms with van der Waals surface area (Å²) >= 11 is 0. The third-order valence-electron chi connectivity index (χ3n) is 13.8. The molecule has 8 unspecified atom stereocenters. The minimum atomic E-state index is -0.548. The zero-order valence-electron chi connectivity index (χ0n) is 26.9. The second kappa shape index (κ2) is 9.16. The number of ketones is 2. The Balaban J connectivity index is 1.36. The molecule has 1 aromatic rings. The smallest absolute Gasteiger partial charge is 0.230 e. The minimum absolute atomic E-state index is 0.0416. The molecule has 42 heavy (non-hydrogen) atoms. The number of hydrogen-bond donors (Lipinski definition) is 1. The van der Waals surface area contributed by atoms with E-state index in [0.29, 0.717) is 0 Å². The van der Waals surface area contributed by atoms with Crippen molar-refractivity contribution in [3.63, 3.8) is 0 Å². The van der Waals surface area contributed by atoms with E-state index in [1.807, 2.05) is 30.3 Å². The number of nitrogens with one attached hydrogen (secondary N) is 1. The van der Waals surface area contributed by atoms with Crippen LogP contribution < -0.4 is 10.1 Å². The highest BCUT2D eigenvalue weighted by molar-refractivity contribution is 5.98. The number of hydrogen-bond acceptors (Lipinski definition) is 4. The third-order valence-corrected chi connectivity index (χ3v) is 13.8. The van der Waals surface area contributed by atoms with Crippen LogP contribution in [0.3, 0.4) is 0 Å². The number of amides is 1. The van der Waals surface area contributed by atoms with Gasteiger partial charge >= 0.3 is 0 Å². The predicted octanol–water partition coefficient (Wildman–Crippen LogP) is 7.96. The van der Waals surface area contributed by atoms with Crippen molar-refractivity contribution in [2.45, 2.75) is 93.4 Å². The Hall–Kier alpha value is -2.69. The summed E-state index contributed by atoms with van der Waals surface area (Å²) in [6.07, 6.45) is 12.5. The summed E-state index contributed by atoms with van der Waals surface area (Å²) in [4.78, 5) is 41.3. The summed E-state index contributed by atoms with van der Waals surface area (Å²) in [6.45, 7) is 15.7. The van der Waals surface area contributed by atoms with E-state index in [2.05, 4.69) is 59.9 Å². The molecule has 5 nitrogen and oxygen atoms in total. The first-order valence-electron chi connectivity index (χ1n) is 16.0. The topological polar surface area (TPSA) is 72.5 Å². The second-order valence-electron chi connectivity index (χ2n) is 16.2. The van der Waals surface area contributed by atoms with Crippen LogP contribution in [0.2, 0.25) is 0 Å². The zero-order chi connectivity index (χ0) is 30.5. The van der Waals surface area contributed by atoms with E-state index < -0.39 is 10.8 Å². The average molecular weight is 572 g/mol. The summed E-state index contributed by atoms with van der Waals surface area (Å²) in [5.41, 5.74) is 0.411. The third kappa shape index (κ3) is 3.83. The number of carbonyl (C=O) groups excluding carboxylic acids is 3. The van der Waals surface area contributed by atoms with Gasteiger partial charge in [0.15, 0.2) is 11.6 Å². The Bertz CT molecular complexity index is 1400. The van der Waals surface area contributed by atoms with E-state index in [0.717, 1.165) is 56.4 Å². The van der Waals surface area contributed by atoms with Crippen molar-refractivity contribution in [3.05, 3.63) is 48.1 Å². The summed E-state index contributed by atoms with van der Waals surface area (Å²) in [7, 11) is 1.64. The first-order chi connectivity index (χ1) is 19.5. The molecule has 226 valence electrons. The van der Waals surface area contributed by atoms with Crippen LogP contribution in [0.15, 0.2) is 48.1 Å². The van der Waals surface area contributed by atoms with Crippen molar-refractivity contribution in [2.75, 3.05) is 12.4 Å². The van der Waals surface area contributed by atoms with Gasteiger partial charge in [0.05, 0.1) is 7.11 Å². The van der Waals surface area contributed by atoms with Gasteiger partial charge in [0.2, 0.25) is 5.91 Å². The number of benzene rings is 1. The molecule has 6 rings (SSSR count). The molecule has 1 amide bonds. The Morgan fingerprint density at radius 2 is 1.57 bits per heavy atom. The van der Waals surface area contributed by atoms with Crippen LogP contribution in [0.25, 0.3) is 0 Å². The van der Waals surface area contributed by atoms with Gasteiger partial charge in [-0.1, -0.05) is 60.1 Å². The highest BCUT2D eigenvalue weighted by Gasteiger charge is 2.69. The first-order valence-corrected chi connectivity index (χ1v) is 16.0. The van der Waals surface area contributed by atoms with E-state index in [9.17, 15) is 14.4 Å². The lowest BCUT2D eigenvalue weighted by atomic mass is 9.34. The zero-order valence-corrected chi connectivity index (χ0v) is 26.9. The van der Waals surface area contributed by atoms with Gasteiger partial charge in [0.25, 0.3) is 0 Å². The highest BCUT2D eigenvalue weighted by Crippen LogP contribution is 2.74. The SMILES string of the molecule is COc1ccc(NC(=O)C2(C)CCC3(C)CCC4(C)C(C(=O)C=C5C6(C)C=CC(=O)C(C)(C)C6CCC54C)C3C2)cc1. The number of fused-ring (bicyclic) bond motifs is 7. The maximum absolute atomic E-state index is 14.5. The highest BCUT2D eigenvalue weighted by atomic mass is 16.5. The van der Waals surface area contributed by atoms with Crippen molar-refractivity contribution in [1.29, 1.82) is 0 Å². The number of anilines is 1. The van der Waals surface area contributed by atoms with E-state index in [1.54, 1.807) is 13.2 Å². The number of ether oxygens (including phenoxy) is 1. The molecule has 5 aliphatic rings. The van der Waals surface area contributed by atoms with Crippen LogP contribution in [0.4, 0.5) is 5.69 Å². The van der Waals surface area contributed by atoms with Crippen molar-refractivity contribution in [1.82, 2.24) is 0 Å². The summed E-state index contributed by atoms with van der Waals surface area (Å²) in [5.74, 6) is 1.45. The molecule has 3 saturated carbocycles. The number of allylic oxidation sites excluding steroid dienone is 4. The first kappa shape index (κ1) is 29.4. The lowest BCUT2D eigenvalue weighted by Crippen LogP contribution is -2.64. The van der Waals surface area contributed by atoms with Crippen molar-refractivity contribution in [2.24, 2.45) is 50.2 Å². The number of rotatable bonds is 3. The Kier molecular flexibility index (Phi) is 6.41. The van der Waals surface area contributed by atoms with Gasteiger partial charge in [0, 0.05) is 27.9 Å². The van der Waals surface area contributed by atoms with E-state index in [4.69, 9.17) is 4.74 Å². The molecule has 0 aliphatic heterocycles. The molecule has 5 heteroatoms. The van der Waals surface area contributed by atoms with Crippen LogP contribution in [0.5, 0.6) is 5.75 Å².